The number of benzene rings is 2. The van der Waals surface area contributed by atoms with Crippen LogP contribution in [0.3, 0.4) is 0 Å². The maximum absolute atomic E-state index is 12.7. The lowest BCUT2D eigenvalue weighted by atomic mass is 10.1. The predicted octanol–water partition coefficient (Wildman–Crippen LogP) is 4.78. The SMILES string of the molecule is CC(=O)c1ccc2c(c1)N(C(=O)CCCOc1ccc(Cl)cc1Cl)CCO2. The Labute approximate surface area is 167 Å². The number of halogens is 2. The molecule has 2 aromatic rings. The fraction of sp³-hybridized carbons (Fsp3) is 0.300. The molecule has 0 atom stereocenters. The van der Waals surface area contributed by atoms with E-state index < -0.39 is 0 Å². The van der Waals surface area contributed by atoms with Gasteiger partial charge in [-0.3, -0.25) is 9.59 Å². The van der Waals surface area contributed by atoms with Crippen LogP contribution in [0.5, 0.6) is 11.5 Å². The van der Waals surface area contributed by atoms with Crippen molar-refractivity contribution in [3.8, 4) is 11.5 Å². The summed E-state index contributed by atoms with van der Waals surface area (Å²) < 4.78 is 11.2. The smallest absolute Gasteiger partial charge is 0.227 e. The number of Topliss-reactive ketones (excluding diaryl/α,β-unsaturated/α-hetero) is 1. The molecule has 1 amide bonds. The zero-order valence-electron chi connectivity index (χ0n) is 14.8. The van der Waals surface area contributed by atoms with Gasteiger partial charge in [0.1, 0.15) is 18.1 Å². The lowest BCUT2D eigenvalue weighted by Crippen LogP contribution is -2.38. The first-order chi connectivity index (χ1) is 13.0. The highest BCUT2D eigenvalue weighted by Crippen LogP contribution is 2.33. The summed E-state index contributed by atoms with van der Waals surface area (Å²) in [6.07, 6.45) is 0.853. The Morgan fingerprint density at radius 3 is 2.74 bits per heavy atom. The molecule has 1 aliphatic rings. The Bertz CT molecular complexity index is 869. The van der Waals surface area contributed by atoms with Gasteiger partial charge in [-0.15, -0.1) is 0 Å². The number of fused-ring (bicyclic) bond motifs is 1. The van der Waals surface area contributed by atoms with Crippen molar-refractivity contribution in [3.05, 3.63) is 52.0 Å². The van der Waals surface area contributed by atoms with E-state index in [1.165, 1.54) is 6.92 Å². The monoisotopic (exact) mass is 407 g/mol. The minimum Gasteiger partial charge on any atom is -0.492 e. The van der Waals surface area contributed by atoms with Crippen molar-refractivity contribution in [2.45, 2.75) is 19.8 Å². The van der Waals surface area contributed by atoms with Crippen LogP contribution in [-0.2, 0) is 4.79 Å². The molecule has 5 nitrogen and oxygen atoms in total. The summed E-state index contributed by atoms with van der Waals surface area (Å²) in [5.74, 6) is 1.07. The number of anilines is 1. The summed E-state index contributed by atoms with van der Waals surface area (Å²) in [5.41, 5.74) is 1.19. The molecule has 2 aromatic carbocycles. The Balaban J connectivity index is 1.59. The lowest BCUT2D eigenvalue weighted by Gasteiger charge is -2.30. The Hall–Kier alpha value is -2.24. The van der Waals surface area contributed by atoms with Crippen molar-refractivity contribution in [2.75, 3.05) is 24.7 Å². The van der Waals surface area contributed by atoms with E-state index in [-0.39, 0.29) is 11.7 Å². The number of hydrogen-bond donors (Lipinski definition) is 0. The zero-order valence-corrected chi connectivity index (χ0v) is 16.3. The van der Waals surface area contributed by atoms with E-state index in [2.05, 4.69) is 0 Å². The Morgan fingerprint density at radius 2 is 2.00 bits per heavy atom. The number of carbonyl (C=O) groups excluding carboxylic acids is 2. The normalized spacial score (nSPS) is 12.9. The minimum absolute atomic E-state index is 0.0361. The zero-order chi connectivity index (χ0) is 19.4. The summed E-state index contributed by atoms with van der Waals surface area (Å²) in [6, 6.07) is 10.2. The van der Waals surface area contributed by atoms with E-state index in [0.717, 1.165) is 0 Å². The van der Waals surface area contributed by atoms with Crippen molar-refractivity contribution < 1.29 is 19.1 Å². The average molecular weight is 408 g/mol. The van der Waals surface area contributed by atoms with Gasteiger partial charge >= 0.3 is 0 Å². The first kappa shape index (κ1) is 19.5. The van der Waals surface area contributed by atoms with Crippen LogP contribution in [0.25, 0.3) is 0 Å². The number of nitrogens with zero attached hydrogens (tertiary/aromatic N) is 1. The fourth-order valence-electron chi connectivity index (χ4n) is 2.83. The molecule has 0 radical (unpaired) electrons. The van der Waals surface area contributed by atoms with Gasteiger partial charge in [-0.2, -0.15) is 0 Å². The van der Waals surface area contributed by atoms with Gasteiger partial charge in [0.25, 0.3) is 0 Å². The van der Waals surface area contributed by atoms with Crippen LogP contribution in [0.1, 0.15) is 30.1 Å². The molecule has 0 saturated heterocycles. The average Bonchev–Trinajstić information content (AvgIpc) is 2.65. The van der Waals surface area contributed by atoms with Crippen molar-refractivity contribution in [1.82, 2.24) is 0 Å². The number of hydrogen-bond acceptors (Lipinski definition) is 4. The molecule has 0 spiro atoms. The van der Waals surface area contributed by atoms with Crippen molar-refractivity contribution in [2.24, 2.45) is 0 Å². The molecule has 0 saturated carbocycles. The number of ether oxygens (including phenoxy) is 2. The molecule has 1 heterocycles. The van der Waals surface area contributed by atoms with Crippen LogP contribution >= 0.6 is 23.2 Å². The minimum atomic E-state index is -0.0518. The van der Waals surface area contributed by atoms with E-state index in [1.54, 1.807) is 41.3 Å². The Kier molecular flexibility index (Phi) is 6.24. The first-order valence-corrected chi connectivity index (χ1v) is 9.37. The maximum Gasteiger partial charge on any atom is 0.227 e. The molecule has 0 aliphatic carbocycles. The van der Waals surface area contributed by atoms with E-state index >= 15 is 0 Å². The van der Waals surface area contributed by atoms with Gasteiger partial charge in [-0.1, -0.05) is 23.2 Å². The van der Waals surface area contributed by atoms with Crippen molar-refractivity contribution >= 4 is 40.6 Å². The third-order valence-electron chi connectivity index (χ3n) is 4.22. The second-order valence-electron chi connectivity index (χ2n) is 6.16. The molecule has 0 N–H and O–H groups in total. The Morgan fingerprint density at radius 1 is 1.19 bits per heavy atom. The molecular weight excluding hydrogens is 389 g/mol. The highest BCUT2D eigenvalue weighted by atomic mass is 35.5. The van der Waals surface area contributed by atoms with Gasteiger partial charge in [0.05, 0.1) is 23.9 Å². The largest absolute Gasteiger partial charge is 0.492 e. The summed E-state index contributed by atoms with van der Waals surface area (Å²) in [5, 5.41) is 0.978. The van der Waals surface area contributed by atoms with Crippen LogP contribution < -0.4 is 14.4 Å². The molecule has 1 aliphatic heterocycles. The topological polar surface area (TPSA) is 55.8 Å². The summed E-state index contributed by atoms with van der Waals surface area (Å²) in [7, 11) is 0. The molecule has 142 valence electrons. The number of rotatable bonds is 6. The van der Waals surface area contributed by atoms with E-state index in [9.17, 15) is 9.59 Å². The molecule has 0 fully saturated rings. The number of amides is 1. The molecule has 3 rings (SSSR count). The van der Waals surface area contributed by atoms with Gasteiger partial charge in [-0.05, 0) is 49.7 Å². The third-order valence-corrected chi connectivity index (χ3v) is 4.75. The quantitative estimate of drug-likeness (QED) is 0.510. The molecule has 0 unspecified atom stereocenters. The van der Waals surface area contributed by atoms with Crippen LogP contribution in [0.15, 0.2) is 36.4 Å². The second kappa shape index (κ2) is 8.63. The predicted molar refractivity (Wildman–Crippen MR) is 105 cm³/mol. The van der Waals surface area contributed by atoms with Crippen LogP contribution in [-0.4, -0.2) is 31.4 Å². The summed E-state index contributed by atoms with van der Waals surface area (Å²) >= 11 is 11.9. The van der Waals surface area contributed by atoms with E-state index in [4.69, 9.17) is 32.7 Å². The van der Waals surface area contributed by atoms with Gasteiger partial charge in [0.2, 0.25) is 5.91 Å². The summed E-state index contributed by atoms with van der Waals surface area (Å²) in [4.78, 5) is 25.9. The summed E-state index contributed by atoms with van der Waals surface area (Å²) in [6.45, 7) is 2.74. The van der Waals surface area contributed by atoms with Gasteiger partial charge in [0.15, 0.2) is 5.78 Å². The first-order valence-electron chi connectivity index (χ1n) is 8.61. The molecule has 0 aromatic heterocycles. The van der Waals surface area contributed by atoms with Crippen LogP contribution in [0.4, 0.5) is 5.69 Å². The van der Waals surface area contributed by atoms with Crippen LogP contribution in [0, 0.1) is 0 Å². The number of carbonyl (C=O) groups is 2. The van der Waals surface area contributed by atoms with Crippen molar-refractivity contribution in [1.29, 1.82) is 0 Å². The van der Waals surface area contributed by atoms with Crippen molar-refractivity contribution in [3.63, 3.8) is 0 Å². The highest BCUT2D eigenvalue weighted by Gasteiger charge is 2.24. The van der Waals surface area contributed by atoms with Gasteiger partial charge in [0, 0.05) is 17.0 Å². The molecular formula is C20H19Cl2NO4. The van der Waals surface area contributed by atoms with Gasteiger partial charge in [-0.25, -0.2) is 0 Å². The standard InChI is InChI=1S/C20H19Cl2NO4/c1-13(24)14-4-6-19-17(11-14)23(8-10-27-19)20(25)3-2-9-26-18-7-5-15(21)12-16(18)22/h4-7,11-12H,2-3,8-10H2,1H3. The third kappa shape index (κ3) is 4.73. The fourth-order valence-corrected chi connectivity index (χ4v) is 3.29. The maximum atomic E-state index is 12.7. The molecule has 7 heteroatoms. The molecule has 27 heavy (non-hydrogen) atoms. The highest BCUT2D eigenvalue weighted by molar-refractivity contribution is 6.35. The van der Waals surface area contributed by atoms with E-state index in [0.29, 0.717) is 65.4 Å². The van der Waals surface area contributed by atoms with E-state index in [1.807, 2.05) is 0 Å². The van der Waals surface area contributed by atoms with Crippen LogP contribution in [0.2, 0.25) is 10.0 Å². The second-order valence-corrected chi connectivity index (χ2v) is 7.00. The van der Waals surface area contributed by atoms with Gasteiger partial charge < -0.3 is 14.4 Å². The molecule has 0 bridgehead atoms. The lowest BCUT2D eigenvalue weighted by molar-refractivity contribution is -0.119. The number of ketones is 1.